The van der Waals surface area contributed by atoms with E-state index in [9.17, 15) is 0 Å². The fraction of sp³-hybridized carbons (Fsp3) is 0.714. The van der Waals surface area contributed by atoms with Crippen molar-refractivity contribution in [3.63, 3.8) is 0 Å². The third-order valence-corrected chi connectivity index (χ3v) is 1.25. The van der Waals surface area contributed by atoms with Crippen LogP contribution in [0.3, 0.4) is 0 Å². The molecule has 0 heterocycles. The standard InChI is InChI=1S/C5H10.2CO.Ir/c1-2-4-5-3-1;2*1-2;/h1-5H2;;;. The van der Waals surface area contributed by atoms with E-state index in [1.54, 1.807) is 0 Å². The summed E-state index contributed by atoms with van der Waals surface area (Å²) in [6, 6.07) is 0. The van der Waals surface area contributed by atoms with Crippen LogP contribution in [0.25, 0.3) is 0 Å². The van der Waals surface area contributed by atoms with Gasteiger partial charge in [0.25, 0.3) is 0 Å². The van der Waals surface area contributed by atoms with Gasteiger partial charge in [-0.25, -0.2) is 0 Å². The Hall–Kier alpha value is 0.129. The minimum Gasteiger partial charge on any atom is 0 e. The maximum Gasteiger partial charge on any atom is 0 e. The predicted molar refractivity (Wildman–Crippen MR) is 30.9 cm³/mol. The number of hydrogen-bond acceptors (Lipinski definition) is 0. The van der Waals surface area contributed by atoms with Gasteiger partial charge >= 0.3 is 22.6 Å². The summed E-state index contributed by atoms with van der Waals surface area (Å²) in [6.45, 7) is 9.00. The van der Waals surface area contributed by atoms with Crippen molar-refractivity contribution in [1.82, 2.24) is 0 Å². The summed E-state index contributed by atoms with van der Waals surface area (Å²) in [5.74, 6) is 0. The number of rotatable bonds is 0. The van der Waals surface area contributed by atoms with Crippen molar-refractivity contribution >= 4 is 0 Å². The Morgan fingerprint density at radius 3 is 0.800 bits per heavy atom. The van der Waals surface area contributed by atoms with Gasteiger partial charge in [0.15, 0.2) is 0 Å². The first-order valence-corrected chi connectivity index (χ1v) is 2.91. The molecule has 1 aliphatic carbocycles. The molecule has 1 radical (unpaired) electrons. The summed E-state index contributed by atoms with van der Waals surface area (Å²) >= 11 is 0. The third-order valence-electron chi connectivity index (χ3n) is 1.25. The predicted octanol–water partition coefficient (Wildman–Crippen LogP) is 1.87. The zero-order chi connectivity index (χ0) is 7.54. The molecule has 0 atom stereocenters. The van der Waals surface area contributed by atoms with E-state index < -0.39 is 0 Å². The Bertz CT molecular complexity index is 60.6. The summed E-state index contributed by atoms with van der Waals surface area (Å²) in [5.41, 5.74) is 0. The first kappa shape index (κ1) is 16.6. The number of hydrogen-bond donors (Lipinski definition) is 0. The normalized spacial score (nSPS) is 12.4. The topological polar surface area (TPSA) is 39.8 Å². The summed E-state index contributed by atoms with van der Waals surface area (Å²) in [6.07, 6.45) is 7.50. The Kier molecular flexibility index (Phi) is 38.1. The molecule has 2 nitrogen and oxygen atoms in total. The molecule has 3 heteroatoms. The van der Waals surface area contributed by atoms with Gasteiger partial charge in [0.2, 0.25) is 0 Å². The molecule has 10 heavy (non-hydrogen) atoms. The van der Waals surface area contributed by atoms with Crippen molar-refractivity contribution in [2.75, 3.05) is 0 Å². The van der Waals surface area contributed by atoms with Crippen molar-refractivity contribution in [2.24, 2.45) is 0 Å². The van der Waals surface area contributed by atoms with Crippen LogP contribution in [0.1, 0.15) is 32.1 Å². The van der Waals surface area contributed by atoms with Crippen LogP contribution in [0, 0.1) is 13.3 Å². The smallest absolute Gasteiger partial charge is 0 e. The molecule has 1 aliphatic rings. The van der Waals surface area contributed by atoms with Gasteiger partial charge in [-0.1, -0.05) is 32.1 Å². The van der Waals surface area contributed by atoms with E-state index >= 15 is 0 Å². The van der Waals surface area contributed by atoms with Crippen LogP contribution in [0.4, 0.5) is 0 Å². The molecule has 0 unspecified atom stereocenters. The van der Waals surface area contributed by atoms with Crippen molar-refractivity contribution in [1.29, 1.82) is 0 Å². The van der Waals surface area contributed by atoms with E-state index in [0.29, 0.717) is 0 Å². The molecule has 0 aromatic heterocycles. The molecule has 0 spiro atoms. The van der Waals surface area contributed by atoms with Gasteiger partial charge in [0.05, 0.1) is 0 Å². The van der Waals surface area contributed by atoms with E-state index in [4.69, 9.17) is 9.30 Å². The average molecular weight is 318 g/mol. The second-order valence-corrected chi connectivity index (χ2v) is 1.77. The molecule has 1 saturated carbocycles. The van der Waals surface area contributed by atoms with Crippen LogP contribution in [-0.2, 0) is 29.4 Å². The fourth-order valence-corrected chi connectivity index (χ4v) is 0.884. The maximum absolute atomic E-state index is 7.50. The van der Waals surface area contributed by atoms with Gasteiger partial charge in [-0.3, -0.25) is 0 Å². The zero-order valence-corrected chi connectivity index (χ0v) is 8.08. The minimum absolute atomic E-state index is 0. The fourth-order valence-electron chi connectivity index (χ4n) is 0.884. The van der Waals surface area contributed by atoms with Gasteiger partial charge in [0.1, 0.15) is 0 Å². The molecule has 59 valence electrons. The van der Waals surface area contributed by atoms with E-state index in [0.717, 1.165) is 0 Å². The van der Waals surface area contributed by atoms with Crippen molar-refractivity contribution in [3.05, 3.63) is 13.3 Å². The molecule has 0 aliphatic heterocycles. The quantitative estimate of drug-likeness (QED) is 0.483. The Morgan fingerprint density at radius 1 is 0.600 bits per heavy atom. The molecule has 1 rings (SSSR count). The molecule has 0 saturated heterocycles. The van der Waals surface area contributed by atoms with Gasteiger partial charge in [-0.2, -0.15) is 0 Å². The molecular formula is C7H10IrO2. The Labute approximate surface area is 75.2 Å². The van der Waals surface area contributed by atoms with E-state index in [1.165, 1.54) is 32.1 Å². The van der Waals surface area contributed by atoms with Crippen molar-refractivity contribution < 1.29 is 29.4 Å². The van der Waals surface area contributed by atoms with Crippen LogP contribution >= 0.6 is 0 Å². The molecule has 1 fully saturated rings. The van der Waals surface area contributed by atoms with Crippen LogP contribution < -0.4 is 0 Å². The van der Waals surface area contributed by atoms with E-state index in [1.807, 2.05) is 0 Å². The Balaban J connectivity index is -0.0000000875. The summed E-state index contributed by atoms with van der Waals surface area (Å²) < 4.78 is 15.0. The first-order chi connectivity index (χ1) is 4.50. The SMILES string of the molecule is C1CCCC1.[C-]#[O+].[C-]#[O+].[Ir]. The van der Waals surface area contributed by atoms with Gasteiger partial charge in [-0.05, 0) is 0 Å². The molecule has 0 N–H and O–H groups in total. The van der Waals surface area contributed by atoms with Crippen LogP contribution in [0.2, 0.25) is 0 Å². The van der Waals surface area contributed by atoms with Crippen LogP contribution in [0.15, 0.2) is 0 Å². The second-order valence-electron chi connectivity index (χ2n) is 1.77. The molecular weight excluding hydrogens is 308 g/mol. The second kappa shape index (κ2) is 22.9. The van der Waals surface area contributed by atoms with Gasteiger partial charge in [0, 0.05) is 20.1 Å². The largest absolute Gasteiger partial charge is 0 e. The van der Waals surface area contributed by atoms with E-state index in [-0.39, 0.29) is 20.1 Å². The van der Waals surface area contributed by atoms with Crippen molar-refractivity contribution in [2.45, 2.75) is 32.1 Å². The van der Waals surface area contributed by atoms with Gasteiger partial charge in [-0.15, -0.1) is 0 Å². The van der Waals surface area contributed by atoms with Crippen LogP contribution in [0.5, 0.6) is 0 Å². The summed E-state index contributed by atoms with van der Waals surface area (Å²) in [7, 11) is 0. The van der Waals surface area contributed by atoms with Crippen LogP contribution in [-0.4, -0.2) is 0 Å². The zero-order valence-electron chi connectivity index (χ0n) is 5.69. The third kappa shape index (κ3) is 15.7. The average Bonchev–Trinajstić information content (AvgIpc) is 2.51. The monoisotopic (exact) mass is 319 g/mol. The molecule has 0 aromatic rings. The minimum atomic E-state index is 0. The summed E-state index contributed by atoms with van der Waals surface area (Å²) in [5, 5.41) is 0. The summed E-state index contributed by atoms with van der Waals surface area (Å²) in [4.78, 5) is 0. The first-order valence-electron chi connectivity index (χ1n) is 2.91. The maximum atomic E-state index is 7.50. The van der Waals surface area contributed by atoms with E-state index in [2.05, 4.69) is 13.3 Å². The Morgan fingerprint density at radius 2 is 0.700 bits per heavy atom. The van der Waals surface area contributed by atoms with Gasteiger partial charge < -0.3 is 0 Å². The molecule has 0 aromatic carbocycles. The van der Waals surface area contributed by atoms with Crippen molar-refractivity contribution in [3.8, 4) is 0 Å². The molecule has 0 amide bonds. The molecule has 0 bridgehead atoms.